The van der Waals surface area contributed by atoms with Gasteiger partial charge in [0.2, 0.25) is 5.91 Å². The third-order valence-corrected chi connectivity index (χ3v) is 5.29. The molecular weight excluding hydrogens is 342 g/mol. The molecule has 3 aromatic rings. The maximum atomic E-state index is 12.7. The molecule has 0 saturated carbocycles. The number of carbonyl (C=O) groups excluding carboxylic acids is 1. The zero-order chi connectivity index (χ0) is 19.3. The van der Waals surface area contributed by atoms with E-state index in [1.165, 1.54) is 5.56 Å². The second-order valence-electron chi connectivity index (χ2n) is 7.36. The number of hydrogen-bond donors (Lipinski definition) is 1. The van der Waals surface area contributed by atoms with Crippen molar-refractivity contribution in [2.45, 2.75) is 32.9 Å². The Morgan fingerprint density at radius 2 is 2.04 bits per heavy atom. The summed E-state index contributed by atoms with van der Waals surface area (Å²) in [6, 6.07) is 7.63. The second kappa shape index (κ2) is 6.26. The van der Waals surface area contributed by atoms with Gasteiger partial charge in [0, 0.05) is 31.4 Å². The second-order valence-corrected chi connectivity index (χ2v) is 7.36. The van der Waals surface area contributed by atoms with Crippen LogP contribution in [0.15, 0.2) is 35.3 Å². The van der Waals surface area contributed by atoms with E-state index in [4.69, 9.17) is 5.73 Å². The number of anilines is 1. The number of carbonyl (C=O) groups is 1. The Labute approximate surface area is 157 Å². The zero-order valence-electron chi connectivity index (χ0n) is 15.8. The van der Waals surface area contributed by atoms with Crippen molar-refractivity contribution in [1.82, 2.24) is 14.1 Å². The van der Waals surface area contributed by atoms with E-state index in [1.807, 2.05) is 6.20 Å². The van der Waals surface area contributed by atoms with Crippen molar-refractivity contribution in [2.75, 3.05) is 11.4 Å². The van der Waals surface area contributed by atoms with Gasteiger partial charge in [0.15, 0.2) is 0 Å². The lowest BCUT2D eigenvalue weighted by atomic mass is 10.1. The van der Waals surface area contributed by atoms with Crippen molar-refractivity contribution in [3.05, 3.63) is 57.6 Å². The van der Waals surface area contributed by atoms with Crippen molar-refractivity contribution in [1.29, 1.82) is 0 Å². The average Bonchev–Trinajstić information content (AvgIpc) is 3.16. The lowest BCUT2D eigenvalue weighted by Gasteiger charge is -2.22. The molecular formula is C20H23N5O2. The average molecular weight is 365 g/mol. The molecule has 0 radical (unpaired) electrons. The summed E-state index contributed by atoms with van der Waals surface area (Å²) in [4.78, 5) is 31.2. The maximum absolute atomic E-state index is 12.7. The number of amides is 1. The number of nitrogens with zero attached hydrogens (tertiary/aromatic N) is 4. The van der Waals surface area contributed by atoms with Crippen LogP contribution in [0.25, 0.3) is 11.0 Å². The number of hydrogen-bond acceptors (Lipinski definition) is 4. The van der Waals surface area contributed by atoms with E-state index in [9.17, 15) is 9.59 Å². The number of nitrogens with two attached hydrogens (primary N) is 1. The summed E-state index contributed by atoms with van der Waals surface area (Å²) in [5.41, 5.74) is 9.32. The smallest absolute Gasteiger partial charge is 0.329 e. The third kappa shape index (κ3) is 2.79. The first-order valence-electron chi connectivity index (χ1n) is 9.10. The van der Waals surface area contributed by atoms with Crippen molar-refractivity contribution >= 4 is 22.8 Å². The summed E-state index contributed by atoms with van der Waals surface area (Å²) in [5, 5.41) is 0. The van der Waals surface area contributed by atoms with Crippen LogP contribution in [-0.2, 0) is 20.0 Å². The van der Waals surface area contributed by atoms with Crippen LogP contribution in [0.1, 0.15) is 35.3 Å². The Morgan fingerprint density at radius 1 is 1.26 bits per heavy atom. The molecule has 0 spiro atoms. The summed E-state index contributed by atoms with van der Waals surface area (Å²) in [6.45, 7) is 5.70. The molecule has 27 heavy (non-hydrogen) atoms. The van der Waals surface area contributed by atoms with Crippen LogP contribution in [0.3, 0.4) is 0 Å². The molecule has 0 aliphatic carbocycles. The Kier molecular flexibility index (Phi) is 4.02. The first-order chi connectivity index (χ1) is 12.9. The lowest BCUT2D eigenvalue weighted by molar-refractivity contribution is 0.100. The third-order valence-electron chi connectivity index (χ3n) is 5.29. The van der Waals surface area contributed by atoms with Gasteiger partial charge in [-0.25, -0.2) is 9.78 Å². The molecule has 0 atom stereocenters. The highest BCUT2D eigenvalue weighted by Gasteiger charge is 2.23. The van der Waals surface area contributed by atoms with E-state index in [1.54, 1.807) is 34.4 Å². The number of primary amides is 1. The van der Waals surface area contributed by atoms with Gasteiger partial charge >= 0.3 is 5.69 Å². The predicted octanol–water partition coefficient (Wildman–Crippen LogP) is 1.65. The van der Waals surface area contributed by atoms with Gasteiger partial charge in [0.05, 0.1) is 17.6 Å². The number of fused-ring (bicyclic) bond motifs is 2. The molecule has 2 aromatic heterocycles. The number of aryl methyl sites for hydroxylation is 1. The van der Waals surface area contributed by atoms with E-state index >= 15 is 0 Å². The van der Waals surface area contributed by atoms with E-state index in [0.29, 0.717) is 23.7 Å². The number of pyridine rings is 1. The molecule has 1 amide bonds. The molecule has 1 aromatic carbocycles. The van der Waals surface area contributed by atoms with Crippen LogP contribution in [0.2, 0.25) is 0 Å². The Bertz CT molecular complexity index is 1110. The van der Waals surface area contributed by atoms with E-state index < -0.39 is 5.91 Å². The number of imidazole rings is 1. The van der Waals surface area contributed by atoms with Crippen LogP contribution in [0.4, 0.5) is 5.82 Å². The van der Waals surface area contributed by atoms with Crippen molar-refractivity contribution in [2.24, 2.45) is 12.8 Å². The van der Waals surface area contributed by atoms with Crippen LogP contribution < -0.4 is 16.3 Å². The Hall–Kier alpha value is -3.09. The van der Waals surface area contributed by atoms with Crippen LogP contribution in [-0.4, -0.2) is 32.6 Å². The van der Waals surface area contributed by atoms with Gasteiger partial charge in [-0.1, -0.05) is 0 Å². The molecule has 1 aliphatic heterocycles. The molecule has 7 heteroatoms. The minimum Gasteiger partial charge on any atom is -0.366 e. The van der Waals surface area contributed by atoms with Crippen molar-refractivity contribution in [3.63, 3.8) is 0 Å². The lowest BCUT2D eigenvalue weighted by Crippen LogP contribution is -2.29. The van der Waals surface area contributed by atoms with Crippen molar-refractivity contribution in [3.8, 4) is 0 Å². The predicted molar refractivity (Wildman–Crippen MR) is 105 cm³/mol. The summed E-state index contributed by atoms with van der Waals surface area (Å²) in [7, 11) is 1.73. The summed E-state index contributed by atoms with van der Waals surface area (Å²) in [5.74, 6) is 0.530. The fourth-order valence-corrected chi connectivity index (χ4v) is 3.83. The number of benzene rings is 1. The summed E-state index contributed by atoms with van der Waals surface area (Å²) >= 11 is 0. The zero-order valence-corrected chi connectivity index (χ0v) is 15.8. The van der Waals surface area contributed by atoms with E-state index in [2.05, 4.69) is 29.8 Å². The highest BCUT2D eigenvalue weighted by atomic mass is 16.2. The summed E-state index contributed by atoms with van der Waals surface area (Å²) < 4.78 is 3.25. The number of aromatic nitrogens is 3. The van der Waals surface area contributed by atoms with Gasteiger partial charge in [-0.15, -0.1) is 0 Å². The van der Waals surface area contributed by atoms with E-state index in [0.717, 1.165) is 29.9 Å². The van der Waals surface area contributed by atoms with Crippen molar-refractivity contribution < 1.29 is 4.79 Å². The molecule has 4 rings (SSSR count). The fourth-order valence-electron chi connectivity index (χ4n) is 3.83. The van der Waals surface area contributed by atoms with Gasteiger partial charge in [0.25, 0.3) is 0 Å². The molecule has 0 fully saturated rings. The topological polar surface area (TPSA) is 86.1 Å². The van der Waals surface area contributed by atoms with Gasteiger partial charge in [-0.05, 0) is 55.7 Å². The highest BCUT2D eigenvalue weighted by molar-refractivity contribution is 5.96. The quantitative estimate of drug-likeness (QED) is 0.762. The molecule has 140 valence electrons. The molecule has 3 heterocycles. The van der Waals surface area contributed by atoms with Gasteiger partial charge in [-0.2, -0.15) is 0 Å². The SMILES string of the molecule is CC(C)N1CCc2cc(Cn3c(=O)n(C)c4ccc(C(N)=O)cc43)cnc21. The minimum atomic E-state index is -0.507. The van der Waals surface area contributed by atoms with Gasteiger partial charge in [0.1, 0.15) is 5.82 Å². The van der Waals surface area contributed by atoms with Gasteiger partial charge < -0.3 is 10.6 Å². The largest absolute Gasteiger partial charge is 0.366 e. The highest BCUT2D eigenvalue weighted by Crippen LogP contribution is 2.28. The molecule has 0 saturated heterocycles. The normalized spacial score (nSPS) is 13.6. The monoisotopic (exact) mass is 365 g/mol. The van der Waals surface area contributed by atoms with Crippen LogP contribution >= 0.6 is 0 Å². The van der Waals surface area contributed by atoms with Crippen LogP contribution in [0.5, 0.6) is 0 Å². The Morgan fingerprint density at radius 3 is 2.74 bits per heavy atom. The minimum absolute atomic E-state index is 0.129. The standard InChI is InChI=1S/C20H23N5O2/c1-12(2)24-7-6-15-8-13(10-22-19(15)24)11-25-17-9-14(18(21)26)4-5-16(17)23(3)20(25)27/h4-5,8-10,12H,6-7,11H2,1-3H3,(H2,21,26). The van der Waals surface area contributed by atoms with Gasteiger partial charge in [-0.3, -0.25) is 13.9 Å². The first-order valence-corrected chi connectivity index (χ1v) is 9.10. The molecule has 2 N–H and O–H groups in total. The summed E-state index contributed by atoms with van der Waals surface area (Å²) in [6.07, 6.45) is 2.80. The molecule has 1 aliphatic rings. The fraction of sp³-hybridized carbons (Fsp3) is 0.350. The van der Waals surface area contributed by atoms with E-state index in [-0.39, 0.29) is 5.69 Å². The Balaban J connectivity index is 1.76. The molecule has 0 unspecified atom stereocenters. The molecule has 0 bridgehead atoms. The first kappa shape index (κ1) is 17.3. The van der Waals surface area contributed by atoms with Crippen LogP contribution in [0, 0.1) is 0 Å². The maximum Gasteiger partial charge on any atom is 0.329 e. The molecule has 7 nitrogen and oxygen atoms in total. The number of rotatable bonds is 4.